The van der Waals surface area contributed by atoms with E-state index < -0.39 is 0 Å². The summed E-state index contributed by atoms with van der Waals surface area (Å²) in [5.74, 6) is -0.0235. The van der Waals surface area contributed by atoms with Crippen molar-refractivity contribution in [3.8, 4) is 0 Å². The van der Waals surface area contributed by atoms with Crippen LogP contribution in [0.4, 0.5) is 0 Å². The summed E-state index contributed by atoms with van der Waals surface area (Å²) in [6, 6.07) is 13.5. The minimum atomic E-state index is -0.0793. The molecule has 0 spiro atoms. The number of pyridine rings is 1. The molecule has 1 aromatic heterocycles. The van der Waals surface area contributed by atoms with Crippen molar-refractivity contribution in [1.82, 2.24) is 15.2 Å². The molecule has 1 fully saturated rings. The summed E-state index contributed by atoms with van der Waals surface area (Å²) < 4.78 is 0. The van der Waals surface area contributed by atoms with E-state index in [9.17, 15) is 9.59 Å². The molecule has 130 valence electrons. The summed E-state index contributed by atoms with van der Waals surface area (Å²) in [5.41, 5.74) is 3.50. The Morgan fingerprint density at radius 2 is 2.04 bits per heavy atom. The zero-order chi connectivity index (χ0) is 17.8. The van der Waals surface area contributed by atoms with E-state index in [-0.39, 0.29) is 17.9 Å². The van der Waals surface area contributed by atoms with Gasteiger partial charge in [-0.25, -0.2) is 0 Å². The van der Waals surface area contributed by atoms with Crippen LogP contribution in [-0.2, 0) is 11.3 Å². The first-order valence-corrected chi connectivity index (χ1v) is 8.62. The highest BCUT2D eigenvalue weighted by Crippen LogP contribution is 2.32. The second kappa shape index (κ2) is 7.47. The summed E-state index contributed by atoms with van der Waals surface area (Å²) in [7, 11) is 0. The van der Waals surface area contributed by atoms with Crippen molar-refractivity contribution in [2.75, 3.05) is 6.54 Å². The predicted molar refractivity (Wildman–Crippen MR) is 95.9 cm³/mol. The van der Waals surface area contributed by atoms with Crippen molar-refractivity contribution >= 4 is 11.8 Å². The highest BCUT2D eigenvalue weighted by Gasteiger charge is 2.31. The molecule has 2 amide bonds. The number of nitrogens with zero attached hydrogens (tertiary/aromatic N) is 2. The van der Waals surface area contributed by atoms with Gasteiger partial charge in [0.25, 0.3) is 5.91 Å². The van der Waals surface area contributed by atoms with Crippen LogP contribution in [0, 0.1) is 6.92 Å². The number of amides is 2. The summed E-state index contributed by atoms with van der Waals surface area (Å²) >= 11 is 0. The lowest BCUT2D eigenvalue weighted by Crippen LogP contribution is -2.31. The number of carbonyl (C=O) groups excluding carboxylic acids is 2. The van der Waals surface area contributed by atoms with Gasteiger partial charge in [-0.15, -0.1) is 0 Å². The summed E-state index contributed by atoms with van der Waals surface area (Å²) in [5, 5.41) is 2.76. The van der Waals surface area contributed by atoms with Crippen molar-refractivity contribution in [1.29, 1.82) is 0 Å². The van der Waals surface area contributed by atoms with E-state index in [0.717, 1.165) is 41.9 Å². The molecule has 5 heteroatoms. The Labute approximate surface area is 148 Å². The molecule has 2 aromatic rings. The minimum Gasteiger partial charge on any atom is -0.351 e. The lowest BCUT2D eigenvalue weighted by Gasteiger charge is -2.25. The maximum absolute atomic E-state index is 12.9. The predicted octanol–water partition coefficient (Wildman–Crippen LogP) is 3.00. The van der Waals surface area contributed by atoms with Gasteiger partial charge < -0.3 is 10.2 Å². The summed E-state index contributed by atoms with van der Waals surface area (Å²) in [4.78, 5) is 30.6. The van der Waals surface area contributed by atoms with Crippen molar-refractivity contribution < 1.29 is 9.59 Å². The van der Waals surface area contributed by atoms with Crippen LogP contribution in [0.5, 0.6) is 0 Å². The largest absolute Gasteiger partial charge is 0.351 e. The van der Waals surface area contributed by atoms with Gasteiger partial charge in [-0.1, -0.05) is 23.8 Å². The van der Waals surface area contributed by atoms with E-state index in [1.165, 1.54) is 6.92 Å². The molecule has 25 heavy (non-hydrogen) atoms. The second-order valence-corrected chi connectivity index (χ2v) is 6.49. The standard InChI is InChI=1S/C20H23N3O2/c1-14-6-3-7-16(12-14)20(25)23-11-5-10-19(23)18-9-4-8-17(22-18)13-21-15(2)24/h3-4,6-9,12,19H,5,10-11,13H2,1-2H3,(H,21,24)/t19-/m1/s1. The smallest absolute Gasteiger partial charge is 0.254 e. The number of aromatic nitrogens is 1. The van der Waals surface area contributed by atoms with Crippen LogP contribution < -0.4 is 5.32 Å². The van der Waals surface area contributed by atoms with Crippen LogP contribution in [0.3, 0.4) is 0 Å². The van der Waals surface area contributed by atoms with Gasteiger partial charge in [-0.2, -0.15) is 0 Å². The lowest BCUT2D eigenvalue weighted by molar-refractivity contribution is -0.119. The second-order valence-electron chi connectivity index (χ2n) is 6.49. The maximum Gasteiger partial charge on any atom is 0.254 e. The Morgan fingerprint density at radius 1 is 1.24 bits per heavy atom. The molecule has 1 atom stereocenters. The quantitative estimate of drug-likeness (QED) is 0.933. The van der Waals surface area contributed by atoms with Gasteiger partial charge in [0, 0.05) is 19.0 Å². The van der Waals surface area contributed by atoms with Gasteiger partial charge in [0.2, 0.25) is 5.91 Å². The van der Waals surface area contributed by atoms with Gasteiger partial charge >= 0.3 is 0 Å². The highest BCUT2D eigenvalue weighted by molar-refractivity contribution is 5.94. The fraction of sp³-hybridized carbons (Fsp3) is 0.350. The van der Waals surface area contributed by atoms with E-state index in [2.05, 4.69) is 10.3 Å². The highest BCUT2D eigenvalue weighted by atomic mass is 16.2. The van der Waals surface area contributed by atoms with Gasteiger partial charge in [-0.05, 0) is 44.0 Å². The van der Waals surface area contributed by atoms with Gasteiger partial charge in [0.15, 0.2) is 0 Å². The molecule has 0 bridgehead atoms. The molecule has 0 unspecified atom stereocenters. The number of hydrogen-bond donors (Lipinski definition) is 1. The van der Waals surface area contributed by atoms with Gasteiger partial charge in [-0.3, -0.25) is 14.6 Å². The molecule has 0 saturated carbocycles. The molecule has 3 rings (SSSR count). The number of hydrogen-bond acceptors (Lipinski definition) is 3. The zero-order valence-corrected chi connectivity index (χ0v) is 14.7. The Morgan fingerprint density at radius 3 is 2.80 bits per heavy atom. The number of benzene rings is 1. The van der Waals surface area contributed by atoms with Crippen molar-refractivity contribution in [2.24, 2.45) is 0 Å². The molecule has 2 heterocycles. The molecule has 1 aromatic carbocycles. The number of rotatable bonds is 4. The molecular weight excluding hydrogens is 314 g/mol. The first kappa shape index (κ1) is 17.1. The third-order valence-electron chi connectivity index (χ3n) is 4.47. The number of aryl methyl sites for hydroxylation is 1. The Hall–Kier alpha value is -2.69. The average molecular weight is 337 g/mol. The van der Waals surface area contributed by atoms with E-state index in [4.69, 9.17) is 0 Å². The number of likely N-dealkylation sites (tertiary alicyclic amines) is 1. The molecule has 5 nitrogen and oxygen atoms in total. The van der Waals surface area contributed by atoms with E-state index in [0.29, 0.717) is 6.54 Å². The SMILES string of the molecule is CC(=O)NCc1cccc([C@H]2CCCN2C(=O)c2cccc(C)c2)n1. The molecule has 0 radical (unpaired) electrons. The zero-order valence-electron chi connectivity index (χ0n) is 14.7. The number of nitrogens with one attached hydrogen (secondary N) is 1. The summed E-state index contributed by atoms with van der Waals surface area (Å²) in [6.45, 7) is 4.63. The third kappa shape index (κ3) is 4.05. The van der Waals surface area contributed by atoms with Crippen LogP contribution in [-0.4, -0.2) is 28.2 Å². The monoisotopic (exact) mass is 337 g/mol. The number of carbonyl (C=O) groups is 2. The average Bonchev–Trinajstić information content (AvgIpc) is 3.09. The Kier molecular flexibility index (Phi) is 5.12. The first-order chi connectivity index (χ1) is 12.0. The normalized spacial score (nSPS) is 16.7. The van der Waals surface area contributed by atoms with Crippen LogP contribution in [0.2, 0.25) is 0 Å². The third-order valence-corrected chi connectivity index (χ3v) is 4.47. The van der Waals surface area contributed by atoms with Crippen molar-refractivity contribution in [2.45, 2.75) is 39.3 Å². The van der Waals surface area contributed by atoms with Crippen LogP contribution in [0.15, 0.2) is 42.5 Å². The van der Waals surface area contributed by atoms with Crippen LogP contribution in [0.1, 0.15) is 53.1 Å². The lowest BCUT2D eigenvalue weighted by atomic mass is 10.1. The van der Waals surface area contributed by atoms with Crippen LogP contribution in [0.25, 0.3) is 0 Å². The summed E-state index contributed by atoms with van der Waals surface area (Å²) in [6.07, 6.45) is 1.88. The molecule has 1 N–H and O–H groups in total. The van der Waals surface area contributed by atoms with E-state index in [1.54, 1.807) is 0 Å². The Balaban J connectivity index is 1.80. The van der Waals surface area contributed by atoms with Crippen molar-refractivity contribution in [3.05, 3.63) is 65.0 Å². The molecule has 1 aliphatic rings. The van der Waals surface area contributed by atoms with Gasteiger partial charge in [0.05, 0.1) is 24.0 Å². The Bertz CT molecular complexity index is 788. The fourth-order valence-corrected chi connectivity index (χ4v) is 3.26. The van der Waals surface area contributed by atoms with Crippen LogP contribution >= 0.6 is 0 Å². The minimum absolute atomic E-state index is 0.00899. The fourth-order valence-electron chi connectivity index (χ4n) is 3.26. The van der Waals surface area contributed by atoms with Crippen molar-refractivity contribution in [3.63, 3.8) is 0 Å². The van der Waals surface area contributed by atoms with Gasteiger partial charge in [0.1, 0.15) is 0 Å². The molecule has 1 saturated heterocycles. The molecular formula is C20H23N3O2. The van der Waals surface area contributed by atoms with E-state index in [1.807, 2.05) is 54.3 Å². The molecule has 1 aliphatic heterocycles. The molecule has 0 aliphatic carbocycles. The maximum atomic E-state index is 12.9. The topological polar surface area (TPSA) is 62.3 Å². The first-order valence-electron chi connectivity index (χ1n) is 8.62. The van der Waals surface area contributed by atoms with E-state index >= 15 is 0 Å².